The van der Waals surface area contributed by atoms with Crippen molar-refractivity contribution in [3.05, 3.63) is 59.7 Å². The van der Waals surface area contributed by atoms with Gasteiger partial charge in [0.25, 0.3) is 5.91 Å². The molecule has 1 amide bonds. The van der Waals surface area contributed by atoms with Gasteiger partial charge in [0, 0.05) is 23.4 Å². The molecule has 0 fully saturated rings. The third-order valence-corrected chi connectivity index (χ3v) is 2.84. The number of hydrogen-bond acceptors (Lipinski definition) is 4. The van der Waals surface area contributed by atoms with Crippen LogP contribution >= 0.6 is 0 Å². The van der Waals surface area contributed by atoms with Crippen LogP contribution in [0.2, 0.25) is 0 Å². The van der Waals surface area contributed by atoms with Crippen molar-refractivity contribution in [3.8, 4) is 11.8 Å². The summed E-state index contributed by atoms with van der Waals surface area (Å²) in [5.74, 6) is -0.826. The Hall–Kier alpha value is -2.94. The lowest BCUT2D eigenvalue weighted by Crippen LogP contribution is -2.28. The van der Waals surface area contributed by atoms with E-state index in [1.54, 1.807) is 24.3 Å². The van der Waals surface area contributed by atoms with E-state index in [0.717, 1.165) is 6.07 Å². The summed E-state index contributed by atoms with van der Waals surface area (Å²) in [5.41, 5.74) is 0.628. The Labute approximate surface area is 121 Å². The molecular formula is C15H12FN3O2. The van der Waals surface area contributed by atoms with Gasteiger partial charge in [0.05, 0.1) is 13.2 Å². The first-order valence-corrected chi connectivity index (χ1v) is 6.10. The van der Waals surface area contributed by atoms with Gasteiger partial charge >= 0.3 is 0 Å². The molecule has 1 aromatic carbocycles. The Kier molecular flexibility index (Phi) is 4.46. The number of halogens is 1. The van der Waals surface area contributed by atoms with Gasteiger partial charge in [0.15, 0.2) is 0 Å². The van der Waals surface area contributed by atoms with Gasteiger partial charge in [0.1, 0.15) is 11.8 Å². The number of methoxy groups -OCH3 is 1. The quantitative estimate of drug-likeness (QED) is 0.874. The number of carbonyl (C=O) groups is 1. The van der Waals surface area contributed by atoms with Gasteiger partial charge in [-0.1, -0.05) is 18.2 Å². The molecule has 21 heavy (non-hydrogen) atoms. The highest BCUT2D eigenvalue weighted by atomic mass is 19.1. The van der Waals surface area contributed by atoms with E-state index >= 15 is 0 Å². The second-order valence-corrected chi connectivity index (χ2v) is 4.14. The van der Waals surface area contributed by atoms with Crippen molar-refractivity contribution in [2.75, 3.05) is 7.11 Å². The normalized spacial score (nSPS) is 11.3. The van der Waals surface area contributed by atoms with Crippen molar-refractivity contribution in [2.24, 2.45) is 0 Å². The molecule has 106 valence electrons. The fraction of sp³-hybridized carbons (Fsp3) is 0.133. The van der Waals surface area contributed by atoms with Gasteiger partial charge in [-0.15, -0.1) is 0 Å². The molecule has 0 saturated carbocycles. The number of nitrogens with zero attached hydrogens (tertiary/aromatic N) is 2. The standard InChI is InChI=1S/C15H12FN3O2/c1-21-13-5-3-2-4-11(13)12(9-17)19-15(20)10-6-7-18-14(16)8-10/h2-8,12H,1H3,(H,19,20). The topological polar surface area (TPSA) is 75.0 Å². The Bertz CT molecular complexity index is 697. The maximum Gasteiger partial charge on any atom is 0.252 e. The molecule has 1 aromatic heterocycles. The monoisotopic (exact) mass is 285 g/mol. The molecule has 0 radical (unpaired) electrons. The first kappa shape index (κ1) is 14.5. The molecule has 1 heterocycles. The zero-order valence-electron chi connectivity index (χ0n) is 11.2. The second kappa shape index (κ2) is 6.48. The van der Waals surface area contributed by atoms with Gasteiger partial charge in [-0.05, 0) is 12.1 Å². The van der Waals surface area contributed by atoms with Gasteiger partial charge in [-0.2, -0.15) is 9.65 Å². The number of aromatic nitrogens is 1. The van der Waals surface area contributed by atoms with E-state index in [-0.39, 0.29) is 5.56 Å². The summed E-state index contributed by atoms with van der Waals surface area (Å²) in [6.07, 6.45) is 1.19. The number of para-hydroxylation sites is 1. The van der Waals surface area contributed by atoms with Gasteiger partial charge in [0.2, 0.25) is 5.95 Å². The number of hydrogen-bond donors (Lipinski definition) is 1. The largest absolute Gasteiger partial charge is 0.496 e. The Morgan fingerprint density at radius 1 is 1.43 bits per heavy atom. The van der Waals surface area contributed by atoms with Crippen molar-refractivity contribution in [2.45, 2.75) is 6.04 Å². The molecule has 0 aliphatic rings. The zero-order chi connectivity index (χ0) is 15.2. The van der Waals surface area contributed by atoms with E-state index in [1.165, 1.54) is 19.4 Å². The molecular weight excluding hydrogens is 273 g/mol. The number of benzene rings is 1. The lowest BCUT2D eigenvalue weighted by atomic mass is 10.1. The third kappa shape index (κ3) is 3.34. The van der Waals surface area contributed by atoms with E-state index in [9.17, 15) is 14.4 Å². The first-order chi connectivity index (χ1) is 10.2. The summed E-state index contributed by atoms with van der Waals surface area (Å²) >= 11 is 0. The highest BCUT2D eigenvalue weighted by Gasteiger charge is 2.18. The fourth-order valence-corrected chi connectivity index (χ4v) is 1.84. The van der Waals surface area contributed by atoms with Crippen LogP contribution in [0, 0.1) is 17.3 Å². The maximum absolute atomic E-state index is 13.0. The minimum absolute atomic E-state index is 0.0950. The number of carbonyl (C=O) groups excluding carboxylic acids is 1. The molecule has 2 aromatic rings. The van der Waals surface area contributed by atoms with E-state index in [4.69, 9.17) is 4.74 Å². The van der Waals surface area contributed by atoms with Crippen LogP contribution in [0.15, 0.2) is 42.6 Å². The summed E-state index contributed by atoms with van der Waals surface area (Å²) in [5, 5.41) is 11.8. The SMILES string of the molecule is COc1ccccc1C(C#N)NC(=O)c1ccnc(F)c1. The van der Waals surface area contributed by atoms with Gasteiger partial charge in [-0.3, -0.25) is 4.79 Å². The molecule has 0 aliphatic heterocycles. The van der Waals surface area contributed by atoms with Crippen LogP contribution in [0.3, 0.4) is 0 Å². The molecule has 5 nitrogen and oxygen atoms in total. The van der Waals surface area contributed by atoms with E-state index in [2.05, 4.69) is 10.3 Å². The summed E-state index contributed by atoms with van der Waals surface area (Å²) < 4.78 is 18.2. The molecule has 1 unspecified atom stereocenters. The molecule has 1 N–H and O–H groups in total. The summed E-state index contributed by atoms with van der Waals surface area (Å²) in [6.45, 7) is 0. The molecule has 0 saturated heterocycles. The van der Waals surface area contributed by atoms with Crippen LogP contribution in [0.5, 0.6) is 5.75 Å². The lowest BCUT2D eigenvalue weighted by Gasteiger charge is -2.15. The summed E-state index contributed by atoms with van der Waals surface area (Å²) in [7, 11) is 1.48. The number of nitriles is 1. The van der Waals surface area contributed by atoms with Gasteiger partial charge in [-0.25, -0.2) is 4.98 Å². The molecule has 1 atom stereocenters. The lowest BCUT2D eigenvalue weighted by molar-refractivity contribution is 0.0944. The van der Waals surface area contributed by atoms with Crippen molar-refractivity contribution in [1.29, 1.82) is 5.26 Å². The minimum atomic E-state index is -0.898. The van der Waals surface area contributed by atoms with E-state index < -0.39 is 17.9 Å². The molecule has 6 heteroatoms. The number of rotatable bonds is 4. The fourth-order valence-electron chi connectivity index (χ4n) is 1.84. The van der Waals surface area contributed by atoms with Crippen molar-refractivity contribution in [1.82, 2.24) is 10.3 Å². The Morgan fingerprint density at radius 3 is 2.86 bits per heavy atom. The van der Waals surface area contributed by atoms with Crippen LogP contribution in [0.25, 0.3) is 0 Å². The zero-order valence-corrected chi connectivity index (χ0v) is 11.2. The summed E-state index contributed by atoms with van der Waals surface area (Å²) in [6, 6.07) is 10.3. The molecule has 0 aliphatic carbocycles. The maximum atomic E-state index is 13.0. The van der Waals surface area contributed by atoms with E-state index in [1.807, 2.05) is 6.07 Å². The summed E-state index contributed by atoms with van der Waals surface area (Å²) in [4.78, 5) is 15.4. The average Bonchev–Trinajstić information content (AvgIpc) is 2.52. The van der Waals surface area contributed by atoms with Crippen LogP contribution < -0.4 is 10.1 Å². The van der Waals surface area contributed by atoms with Crippen LogP contribution in [-0.4, -0.2) is 18.0 Å². The average molecular weight is 285 g/mol. The number of pyridine rings is 1. The molecule has 0 spiro atoms. The minimum Gasteiger partial charge on any atom is -0.496 e. The van der Waals surface area contributed by atoms with Gasteiger partial charge < -0.3 is 10.1 Å². The highest BCUT2D eigenvalue weighted by Crippen LogP contribution is 2.24. The highest BCUT2D eigenvalue weighted by molar-refractivity contribution is 5.94. The van der Waals surface area contributed by atoms with Crippen LogP contribution in [0.4, 0.5) is 4.39 Å². The molecule has 2 rings (SSSR count). The van der Waals surface area contributed by atoms with Crippen molar-refractivity contribution < 1.29 is 13.9 Å². The molecule has 0 bridgehead atoms. The van der Waals surface area contributed by atoms with E-state index in [0.29, 0.717) is 11.3 Å². The predicted octanol–water partition coefficient (Wildman–Crippen LogP) is 2.22. The first-order valence-electron chi connectivity index (χ1n) is 6.10. The Morgan fingerprint density at radius 2 is 2.19 bits per heavy atom. The van der Waals surface area contributed by atoms with Crippen molar-refractivity contribution in [3.63, 3.8) is 0 Å². The number of nitrogens with one attached hydrogen (secondary N) is 1. The predicted molar refractivity (Wildman–Crippen MR) is 73.0 cm³/mol. The number of amides is 1. The smallest absolute Gasteiger partial charge is 0.252 e. The number of ether oxygens (including phenoxy) is 1. The van der Waals surface area contributed by atoms with Crippen LogP contribution in [0.1, 0.15) is 22.0 Å². The second-order valence-electron chi connectivity index (χ2n) is 4.14. The Balaban J connectivity index is 2.24. The van der Waals surface area contributed by atoms with Crippen molar-refractivity contribution >= 4 is 5.91 Å². The van der Waals surface area contributed by atoms with Crippen LogP contribution in [-0.2, 0) is 0 Å². The third-order valence-electron chi connectivity index (χ3n) is 2.84.